The fourth-order valence-corrected chi connectivity index (χ4v) is 3.12. The lowest BCUT2D eigenvalue weighted by Gasteiger charge is -2.11. The Kier molecular flexibility index (Phi) is 7.21. The van der Waals surface area contributed by atoms with E-state index in [9.17, 15) is 9.59 Å². The first kappa shape index (κ1) is 20.8. The summed E-state index contributed by atoms with van der Waals surface area (Å²) in [4.78, 5) is 29.1. The molecule has 0 aliphatic rings. The summed E-state index contributed by atoms with van der Waals surface area (Å²) in [6.07, 6.45) is 0.794. The van der Waals surface area contributed by atoms with Gasteiger partial charge in [0, 0.05) is 30.3 Å². The summed E-state index contributed by atoms with van der Waals surface area (Å²) in [5, 5.41) is 5.84. The van der Waals surface area contributed by atoms with Crippen molar-refractivity contribution in [3.05, 3.63) is 59.1 Å². The largest absolute Gasteiger partial charge is 0.382 e. The van der Waals surface area contributed by atoms with Gasteiger partial charge in [-0.25, -0.2) is 4.98 Å². The quantitative estimate of drug-likeness (QED) is 0.525. The molecule has 0 aliphatic carbocycles. The number of carbonyl (C=O) groups is 2. The van der Waals surface area contributed by atoms with Gasteiger partial charge in [-0.1, -0.05) is 29.8 Å². The van der Waals surface area contributed by atoms with Crippen LogP contribution in [0.25, 0.3) is 11.0 Å². The molecule has 0 fully saturated rings. The van der Waals surface area contributed by atoms with Gasteiger partial charge in [0.2, 0.25) is 11.9 Å². The summed E-state index contributed by atoms with van der Waals surface area (Å²) in [5.41, 5.74) is 2.12. The van der Waals surface area contributed by atoms with Crippen molar-refractivity contribution in [3.63, 3.8) is 0 Å². The molecule has 0 saturated carbocycles. The van der Waals surface area contributed by atoms with Crippen molar-refractivity contribution in [1.82, 2.24) is 14.9 Å². The van der Waals surface area contributed by atoms with Crippen LogP contribution < -0.4 is 10.6 Å². The van der Waals surface area contributed by atoms with E-state index in [0.717, 1.165) is 17.5 Å². The fourth-order valence-electron chi connectivity index (χ4n) is 2.93. The number of benzene rings is 2. The highest BCUT2D eigenvalue weighted by atomic mass is 35.5. The van der Waals surface area contributed by atoms with Crippen molar-refractivity contribution in [2.75, 3.05) is 25.1 Å². The van der Waals surface area contributed by atoms with Crippen LogP contribution in [0.3, 0.4) is 0 Å². The SMILES string of the molecule is CCOCCCn1c(NC(=O)CNC(=O)c2cccc(Cl)c2)nc2ccccc21. The zero-order chi connectivity index (χ0) is 20.6. The van der Waals surface area contributed by atoms with Crippen molar-refractivity contribution in [2.45, 2.75) is 19.9 Å². The molecule has 0 atom stereocenters. The molecule has 0 radical (unpaired) electrons. The number of para-hydroxylation sites is 2. The number of halogens is 1. The van der Waals surface area contributed by atoms with Crippen LogP contribution in [-0.2, 0) is 16.1 Å². The Bertz CT molecular complexity index is 1000. The number of aryl methyl sites for hydroxylation is 1. The molecular formula is C21H23ClN4O3. The van der Waals surface area contributed by atoms with Crippen LogP contribution in [0.2, 0.25) is 5.02 Å². The van der Waals surface area contributed by atoms with Crippen LogP contribution in [0.15, 0.2) is 48.5 Å². The summed E-state index contributed by atoms with van der Waals surface area (Å²) in [7, 11) is 0. The topological polar surface area (TPSA) is 85.2 Å². The number of nitrogens with zero attached hydrogens (tertiary/aromatic N) is 2. The Labute approximate surface area is 174 Å². The van der Waals surface area contributed by atoms with E-state index in [-0.39, 0.29) is 18.4 Å². The van der Waals surface area contributed by atoms with Crippen molar-refractivity contribution in [1.29, 1.82) is 0 Å². The number of hydrogen-bond donors (Lipinski definition) is 2. The fraction of sp³-hybridized carbons (Fsp3) is 0.286. The maximum absolute atomic E-state index is 12.4. The van der Waals surface area contributed by atoms with Crippen LogP contribution in [0.1, 0.15) is 23.7 Å². The highest BCUT2D eigenvalue weighted by molar-refractivity contribution is 6.31. The van der Waals surface area contributed by atoms with E-state index in [1.807, 2.05) is 35.8 Å². The molecule has 3 rings (SSSR count). The number of carbonyl (C=O) groups excluding carboxylic acids is 2. The summed E-state index contributed by atoms with van der Waals surface area (Å²) in [5.74, 6) is -0.278. The highest BCUT2D eigenvalue weighted by Gasteiger charge is 2.14. The number of ether oxygens (including phenoxy) is 1. The maximum Gasteiger partial charge on any atom is 0.251 e. The third-order valence-electron chi connectivity index (χ3n) is 4.28. The first-order valence-corrected chi connectivity index (χ1v) is 9.83. The lowest BCUT2D eigenvalue weighted by Crippen LogP contribution is -2.33. The molecule has 29 heavy (non-hydrogen) atoms. The van der Waals surface area contributed by atoms with E-state index in [4.69, 9.17) is 16.3 Å². The minimum atomic E-state index is -0.368. The minimum absolute atomic E-state index is 0.173. The molecule has 2 amide bonds. The third kappa shape index (κ3) is 5.56. The van der Waals surface area contributed by atoms with Crippen molar-refractivity contribution in [2.24, 2.45) is 0 Å². The van der Waals surface area contributed by atoms with Crippen LogP contribution >= 0.6 is 11.6 Å². The number of fused-ring (bicyclic) bond motifs is 1. The summed E-state index contributed by atoms with van der Waals surface area (Å²) in [6.45, 7) is 3.74. The van der Waals surface area contributed by atoms with Crippen molar-refractivity contribution >= 4 is 40.4 Å². The molecule has 0 saturated heterocycles. The lowest BCUT2D eigenvalue weighted by molar-refractivity contribution is -0.115. The van der Waals surface area contributed by atoms with E-state index in [1.54, 1.807) is 24.3 Å². The van der Waals surface area contributed by atoms with Gasteiger partial charge in [0.05, 0.1) is 17.6 Å². The van der Waals surface area contributed by atoms with Crippen LogP contribution in [0.4, 0.5) is 5.95 Å². The predicted octanol–water partition coefficient (Wildman–Crippen LogP) is 3.48. The molecule has 0 unspecified atom stereocenters. The number of imidazole rings is 1. The molecule has 0 aliphatic heterocycles. The van der Waals surface area contributed by atoms with Gasteiger partial charge >= 0.3 is 0 Å². The average Bonchev–Trinajstić information content (AvgIpc) is 3.06. The smallest absolute Gasteiger partial charge is 0.251 e. The molecule has 2 aromatic carbocycles. The van der Waals surface area contributed by atoms with Gasteiger partial charge in [-0.05, 0) is 43.7 Å². The standard InChI is InChI=1S/C21H23ClN4O3/c1-2-29-12-6-11-26-18-10-4-3-9-17(18)24-21(26)25-19(27)14-23-20(28)15-7-5-8-16(22)13-15/h3-5,7-10,13H,2,6,11-12,14H2,1H3,(H,23,28)(H,24,25,27). The van der Waals surface area contributed by atoms with Gasteiger partial charge in [0.1, 0.15) is 0 Å². The van der Waals surface area contributed by atoms with Crippen LogP contribution in [-0.4, -0.2) is 41.1 Å². The first-order valence-electron chi connectivity index (χ1n) is 9.45. The summed E-state index contributed by atoms with van der Waals surface area (Å²) >= 11 is 5.90. The molecule has 1 heterocycles. The maximum atomic E-state index is 12.4. The molecule has 7 nitrogen and oxygen atoms in total. The molecular weight excluding hydrogens is 392 g/mol. The minimum Gasteiger partial charge on any atom is -0.382 e. The normalized spacial score (nSPS) is 10.8. The molecule has 152 valence electrons. The molecule has 3 aromatic rings. The molecule has 0 spiro atoms. The first-order chi connectivity index (χ1) is 14.1. The second kappa shape index (κ2) is 10.0. The number of anilines is 1. The number of rotatable bonds is 9. The van der Waals surface area contributed by atoms with Crippen molar-refractivity contribution in [3.8, 4) is 0 Å². The second-order valence-corrected chi connectivity index (χ2v) is 6.80. The third-order valence-corrected chi connectivity index (χ3v) is 4.51. The lowest BCUT2D eigenvalue weighted by atomic mass is 10.2. The summed E-state index contributed by atoms with van der Waals surface area (Å²) in [6, 6.07) is 14.2. The number of hydrogen-bond acceptors (Lipinski definition) is 4. The molecule has 8 heteroatoms. The van der Waals surface area contributed by atoms with Gasteiger partial charge in [0.15, 0.2) is 0 Å². The predicted molar refractivity (Wildman–Crippen MR) is 113 cm³/mol. The Morgan fingerprint density at radius 1 is 1.17 bits per heavy atom. The van der Waals surface area contributed by atoms with Crippen molar-refractivity contribution < 1.29 is 14.3 Å². The van der Waals surface area contributed by atoms with Crippen LogP contribution in [0, 0.1) is 0 Å². The Balaban J connectivity index is 1.65. The monoisotopic (exact) mass is 414 g/mol. The number of aromatic nitrogens is 2. The second-order valence-electron chi connectivity index (χ2n) is 6.37. The Morgan fingerprint density at radius 3 is 2.79 bits per heavy atom. The van der Waals surface area contributed by atoms with Gasteiger partial charge in [0.25, 0.3) is 5.91 Å². The molecule has 0 bridgehead atoms. The van der Waals surface area contributed by atoms with E-state index >= 15 is 0 Å². The highest BCUT2D eigenvalue weighted by Crippen LogP contribution is 2.20. The zero-order valence-electron chi connectivity index (χ0n) is 16.2. The summed E-state index contributed by atoms with van der Waals surface area (Å²) < 4.78 is 7.35. The van der Waals surface area contributed by atoms with E-state index in [1.165, 1.54) is 0 Å². The van der Waals surface area contributed by atoms with Gasteiger partial charge in [-0.2, -0.15) is 0 Å². The van der Waals surface area contributed by atoms with E-state index in [0.29, 0.717) is 36.3 Å². The molecule has 1 aromatic heterocycles. The number of nitrogens with one attached hydrogen (secondary N) is 2. The Morgan fingerprint density at radius 2 is 2.00 bits per heavy atom. The molecule has 2 N–H and O–H groups in total. The van der Waals surface area contributed by atoms with Gasteiger partial charge in [-0.3, -0.25) is 14.9 Å². The van der Waals surface area contributed by atoms with E-state index in [2.05, 4.69) is 15.6 Å². The van der Waals surface area contributed by atoms with Gasteiger partial charge in [-0.15, -0.1) is 0 Å². The Hall–Kier alpha value is -2.90. The zero-order valence-corrected chi connectivity index (χ0v) is 16.9. The average molecular weight is 415 g/mol. The van der Waals surface area contributed by atoms with Crippen LogP contribution in [0.5, 0.6) is 0 Å². The number of amides is 2. The van der Waals surface area contributed by atoms with Gasteiger partial charge < -0.3 is 14.6 Å². The van der Waals surface area contributed by atoms with E-state index < -0.39 is 0 Å².